The molecule has 0 aliphatic carbocycles. The maximum atomic E-state index is 13.0. The summed E-state index contributed by atoms with van der Waals surface area (Å²) in [7, 11) is -3.70. The number of hydrogen-bond acceptors (Lipinski definition) is 4. The minimum atomic E-state index is -3.70. The molecule has 6 nitrogen and oxygen atoms in total. The number of halogens is 2. The summed E-state index contributed by atoms with van der Waals surface area (Å²) in [6.07, 6.45) is 2.68. The average molecular weight is 414 g/mol. The molecule has 0 saturated carbocycles. The van der Waals surface area contributed by atoms with Crippen LogP contribution in [0.5, 0.6) is 0 Å². The van der Waals surface area contributed by atoms with Crippen molar-refractivity contribution in [2.75, 3.05) is 18.4 Å². The second-order valence-corrected chi connectivity index (χ2v) is 8.58. The van der Waals surface area contributed by atoms with Crippen LogP contribution in [-0.4, -0.2) is 36.7 Å². The molecular weight excluding hydrogens is 397 g/mol. The first-order valence-electron chi connectivity index (χ1n) is 8.12. The van der Waals surface area contributed by atoms with Crippen LogP contribution in [0.2, 0.25) is 10.2 Å². The number of sulfonamides is 1. The Hall–Kier alpha value is -1.67. The van der Waals surface area contributed by atoms with Crippen molar-refractivity contribution in [2.24, 2.45) is 0 Å². The Morgan fingerprint density at radius 2 is 1.73 bits per heavy atom. The van der Waals surface area contributed by atoms with Crippen LogP contribution in [0.25, 0.3) is 0 Å². The van der Waals surface area contributed by atoms with E-state index in [1.54, 1.807) is 12.1 Å². The maximum Gasteiger partial charge on any atom is 0.275 e. The first-order chi connectivity index (χ1) is 12.4. The predicted molar refractivity (Wildman–Crippen MR) is 101 cm³/mol. The highest BCUT2D eigenvalue weighted by Gasteiger charge is 2.28. The number of anilines is 1. The number of rotatable bonds is 4. The second kappa shape index (κ2) is 7.92. The zero-order valence-electron chi connectivity index (χ0n) is 13.8. The van der Waals surface area contributed by atoms with E-state index in [0.717, 1.165) is 19.3 Å². The number of carbonyl (C=O) groups excluding carboxylic acids is 1. The molecule has 1 aliphatic rings. The first kappa shape index (κ1) is 19.1. The Labute approximate surface area is 162 Å². The van der Waals surface area contributed by atoms with Gasteiger partial charge in [-0.15, -0.1) is 0 Å². The van der Waals surface area contributed by atoms with Crippen molar-refractivity contribution in [1.82, 2.24) is 9.29 Å². The van der Waals surface area contributed by atoms with E-state index in [9.17, 15) is 13.2 Å². The molecule has 1 saturated heterocycles. The van der Waals surface area contributed by atoms with Crippen LogP contribution in [0.4, 0.5) is 5.69 Å². The summed E-state index contributed by atoms with van der Waals surface area (Å²) in [6.45, 7) is 0.957. The lowest BCUT2D eigenvalue weighted by molar-refractivity contribution is 0.102. The summed E-state index contributed by atoms with van der Waals surface area (Å²) in [5, 5.41) is 2.84. The smallest absolute Gasteiger partial charge is 0.275 e. The van der Waals surface area contributed by atoms with Crippen LogP contribution in [0.1, 0.15) is 29.8 Å². The molecule has 1 aromatic heterocycles. The van der Waals surface area contributed by atoms with Crippen molar-refractivity contribution in [3.8, 4) is 0 Å². The highest BCUT2D eigenvalue weighted by Crippen LogP contribution is 2.27. The molecule has 26 heavy (non-hydrogen) atoms. The van der Waals surface area contributed by atoms with Crippen molar-refractivity contribution in [1.29, 1.82) is 0 Å². The quantitative estimate of drug-likeness (QED) is 0.772. The van der Waals surface area contributed by atoms with E-state index >= 15 is 0 Å². The van der Waals surface area contributed by atoms with Gasteiger partial charge in [0.15, 0.2) is 0 Å². The first-order valence-corrected chi connectivity index (χ1v) is 10.3. The molecule has 9 heteroatoms. The summed E-state index contributed by atoms with van der Waals surface area (Å²) in [5.41, 5.74) is 0.116. The summed E-state index contributed by atoms with van der Waals surface area (Å²) >= 11 is 11.8. The van der Waals surface area contributed by atoms with Gasteiger partial charge in [-0.25, -0.2) is 13.4 Å². The molecule has 1 amide bonds. The molecule has 2 heterocycles. The third kappa shape index (κ3) is 4.01. The van der Waals surface area contributed by atoms with Gasteiger partial charge in [0.1, 0.15) is 15.7 Å². The number of amides is 1. The van der Waals surface area contributed by atoms with Gasteiger partial charge in [0, 0.05) is 13.1 Å². The molecular formula is C17H17Cl2N3O3S. The van der Waals surface area contributed by atoms with Gasteiger partial charge in [0.2, 0.25) is 10.0 Å². The van der Waals surface area contributed by atoms with Gasteiger partial charge < -0.3 is 5.32 Å². The highest BCUT2D eigenvalue weighted by molar-refractivity contribution is 7.89. The van der Waals surface area contributed by atoms with E-state index < -0.39 is 15.9 Å². The Morgan fingerprint density at radius 1 is 1.04 bits per heavy atom. The lowest BCUT2D eigenvalue weighted by Crippen LogP contribution is -2.36. The number of nitrogens with zero attached hydrogens (tertiary/aromatic N) is 2. The molecule has 3 rings (SSSR count). The molecule has 0 atom stereocenters. The normalized spacial score (nSPS) is 15.6. The van der Waals surface area contributed by atoms with Gasteiger partial charge in [-0.05, 0) is 37.1 Å². The van der Waals surface area contributed by atoms with E-state index in [0.29, 0.717) is 13.1 Å². The number of aromatic nitrogens is 1. The zero-order valence-corrected chi connectivity index (χ0v) is 16.1. The molecule has 138 valence electrons. The largest absolute Gasteiger partial charge is 0.319 e. The number of para-hydroxylation sites is 1. The highest BCUT2D eigenvalue weighted by atomic mass is 35.5. The minimum absolute atomic E-state index is 0.0494. The number of benzene rings is 1. The van der Waals surface area contributed by atoms with Gasteiger partial charge in [-0.2, -0.15) is 4.31 Å². The molecule has 1 N–H and O–H groups in total. The fourth-order valence-electron chi connectivity index (χ4n) is 2.80. The molecule has 2 aromatic rings. The van der Waals surface area contributed by atoms with Crippen LogP contribution in [0.15, 0.2) is 41.3 Å². The topological polar surface area (TPSA) is 79.4 Å². The third-order valence-electron chi connectivity index (χ3n) is 4.10. The summed E-state index contributed by atoms with van der Waals surface area (Å²) in [5.74, 6) is -0.626. The fraction of sp³-hybridized carbons (Fsp3) is 0.294. The Kier molecular flexibility index (Phi) is 5.82. The SMILES string of the molecule is O=C(Nc1ccccc1S(=O)(=O)N1CCCCC1)c1nc(Cl)ccc1Cl. The molecule has 1 aromatic carbocycles. The second-order valence-electron chi connectivity index (χ2n) is 5.88. The third-order valence-corrected chi connectivity index (χ3v) is 6.57. The lowest BCUT2D eigenvalue weighted by Gasteiger charge is -2.26. The van der Waals surface area contributed by atoms with E-state index in [4.69, 9.17) is 23.2 Å². The Balaban J connectivity index is 1.92. The molecule has 1 fully saturated rings. The molecule has 1 aliphatic heterocycles. The van der Waals surface area contributed by atoms with Crippen molar-refractivity contribution < 1.29 is 13.2 Å². The van der Waals surface area contributed by atoms with Crippen molar-refractivity contribution in [2.45, 2.75) is 24.2 Å². The predicted octanol–water partition coefficient (Wildman–Crippen LogP) is 3.82. The number of nitrogens with one attached hydrogen (secondary N) is 1. The molecule has 0 spiro atoms. The van der Waals surface area contributed by atoms with Gasteiger partial charge >= 0.3 is 0 Å². The molecule has 0 bridgehead atoms. The van der Waals surface area contributed by atoms with Crippen molar-refractivity contribution >= 4 is 44.8 Å². The van der Waals surface area contributed by atoms with Crippen molar-refractivity contribution in [3.63, 3.8) is 0 Å². The van der Waals surface area contributed by atoms with Crippen LogP contribution in [0, 0.1) is 0 Å². The zero-order chi connectivity index (χ0) is 18.7. The fourth-order valence-corrected chi connectivity index (χ4v) is 4.80. The number of hydrogen-bond donors (Lipinski definition) is 1. The van der Waals surface area contributed by atoms with Crippen LogP contribution < -0.4 is 5.32 Å². The molecule has 0 radical (unpaired) electrons. The summed E-state index contributed by atoms with van der Waals surface area (Å²) < 4.78 is 27.4. The standard InChI is InChI=1S/C17H17Cl2N3O3S/c18-12-8-9-15(19)21-16(12)17(23)20-13-6-2-3-7-14(13)26(24,25)22-10-4-1-5-11-22/h2-3,6-9H,1,4-5,10-11H2,(H,20,23). The van der Waals surface area contributed by atoms with Gasteiger partial charge in [-0.1, -0.05) is 41.8 Å². The number of piperidine rings is 1. The van der Waals surface area contributed by atoms with Crippen molar-refractivity contribution in [3.05, 3.63) is 52.3 Å². The number of pyridine rings is 1. The Morgan fingerprint density at radius 3 is 2.46 bits per heavy atom. The van der Waals surface area contributed by atoms with Gasteiger partial charge in [0.25, 0.3) is 5.91 Å². The summed E-state index contributed by atoms with van der Waals surface area (Å²) in [6, 6.07) is 9.21. The van der Waals surface area contributed by atoms with Crippen LogP contribution in [-0.2, 0) is 10.0 Å². The van der Waals surface area contributed by atoms with E-state index in [1.807, 2.05) is 0 Å². The monoisotopic (exact) mass is 413 g/mol. The van der Waals surface area contributed by atoms with Crippen LogP contribution in [0.3, 0.4) is 0 Å². The molecule has 0 unspecified atom stereocenters. The van der Waals surface area contributed by atoms with E-state index in [2.05, 4.69) is 10.3 Å². The van der Waals surface area contributed by atoms with Gasteiger partial charge in [0.05, 0.1) is 10.7 Å². The van der Waals surface area contributed by atoms with E-state index in [-0.39, 0.29) is 26.5 Å². The van der Waals surface area contributed by atoms with E-state index in [1.165, 1.54) is 28.6 Å². The average Bonchev–Trinajstić information content (AvgIpc) is 2.64. The van der Waals surface area contributed by atoms with Crippen LogP contribution >= 0.6 is 23.2 Å². The summed E-state index contributed by atoms with van der Waals surface area (Å²) in [4.78, 5) is 16.5. The lowest BCUT2D eigenvalue weighted by atomic mass is 10.2. The maximum absolute atomic E-state index is 13.0. The Bertz CT molecular complexity index is 929. The minimum Gasteiger partial charge on any atom is -0.319 e. The van der Waals surface area contributed by atoms with Gasteiger partial charge in [-0.3, -0.25) is 4.79 Å². The number of carbonyl (C=O) groups is 1.